The van der Waals surface area contributed by atoms with Gasteiger partial charge in [-0.3, -0.25) is 0 Å². The number of fused-ring (bicyclic) bond motifs is 1. The van der Waals surface area contributed by atoms with Crippen LogP contribution in [0.25, 0.3) is 0 Å². The van der Waals surface area contributed by atoms with Crippen molar-refractivity contribution >= 4 is 11.4 Å². The summed E-state index contributed by atoms with van der Waals surface area (Å²) < 4.78 is 0. The van der Waals surface area contributed by atoms with Crippen molar-refractivity contribution < 1.29 is 5.11 Å². The number of likely N-dealkylation sites (N-methyl/N-ethyl adjacent to an activating group) is 1. The van der Waals surface area contributed by atoms with Gasteiger partial charge in [-0.05, 0) is 24.6 Å². The first-order chi connectivity index (χ1) is 6.85. The van der Waals surface area contributed by atoms with Gasteiger partial charge in [0.15, 0.2) is 0 Å². The zero-order valence-electron chi connectivity index (χ0n) is 8.45. The van der Waals surface area contributed by atoms with E-state index in [4.69, 9.17) is 5.11 Å². The highest BCUT2D eigenvalue weighted by Gasteiger charge is 2.14. The maximum Gasteiger partial charge on any atom is 0.0682 e. The highest BCUT2D eigenvalue weighted by molar-refractivity contribution is 5.72. The Morgan fingerprint density at radius 3 is 3.07 bits per heavy atom. The molecule has 3 nitrogen and oxygen atoms in total. The van der Waals surface area contributed by atoms with Gasteiger partial charge in [0.2, 0.25) is 0 Å². The standard InChI is InChI=1S/C11H16N2O/c1-2-13-6-5-12-10-7-9(8-14)3-4-11(10)13/h3-4,7,12,14H,2,5-6,8H2,1H3. The number of nitrogens with one attached hydrogen (secondary N) is 1. The lowest BCUT2D eigenvalue weighted by molar-refractivity contribution is 0.282. The average molecular weight is 192 g/mol. The molecule has 3 heteroatoms. The third-order valence-electron chi connectivity index (χ3n) is 2.66. The molecule has 0 saturated carbocycles. The maximum atomic E-state index is 9.02. The fourth-order valence-corrected chi connectivity index (χ4v) is 1.87. The van der Waals surface area contributed by atoms with E-state index in [1.54, 1.807) is 0 Å². The highest BCUT2D eigenvalue weighted by atomic mass is 16.3. The van der Waals surface area contributed by atoms with E-state index in [0.29, 0.717) is 0 Å². The van der Waals surface area contributed by atoms with Crippen molar-refractivity contribution in [3.8, 4) is 0 Å². The molecule has 0 fully saturated rings. The Morgan fingerprint density at radius 1 is 1.50 bits per heavy atom. The number of anilines is 2. The van der Waals surface area contributed by atoms with Crippen molar-refractivity contribution in [2.24, 2.45) is 0 Å². The van der Waals surface area contributed by atoms with E-state index in [2.05, 4.69) is 23.2 Å². The molecule has 0 saturated heterocycles. The van der Waals surface area contributed by atoms with E-state index in [1.807, 2.05) is 12.1 Å². The monoisotopic (exact) mass is 192 g/mol. The van der Waals surface area contributed by atoms with Crippen LogP contribution in [0.1, 0.15) is 12.5 Å². The van der Waals surface area contributed by atoms with Gasteiger partial charge in [0.1, 0.15) is 0 Å². The minimum absolute atomic E-state index is 0.112. The Bertz CT molecular complexity index is 325. The number of aliphatic hydroxyl groups is 1. The second-order valence-electron chi connectivity index (χ2n) is 3.52. The summed E-state index contributed by atoms with van der Waals surface area (Å²) in [6.07, 6.45) is 0. The van der Waals surface area contributed by atoms with Crippen molar-refractivity contribution in [3.63, 3.8) is 0 Å². The number of rotatable bonds is 2. The molecule has 0 aliphatic carbocycles. The summed E-state index contributed by atoms with van der Waals surface area (Å²) in [5.74, 6) is 0. The summed E-state index contributed by atoms with van der Waals surface area (Å²) in [6.45, 7) is 5.35. The second-order valence-corrected chi connectivity index (χ2v) is 3.52. The summed E-state index contributed by atoms with van der Waals surface area (Å²) >= 11 is 0. The largest absolute Gasteiger partial charge is 0.392 e. The fourth-order valence-electron chi connectivity index (χ4n) is 1.87. The smallest absolute Gasteiger partial charge is 0.0682 e. The summed E-state index contributed by atoms with van der Waals surface area (Å²) in [7, 11) is 0. The molecule has 1 aromatic rings. The van der Waals surface area contributed by atoms with E-state index >= 15 is 0 Å². The molecule has 1 aliphatic rings. The lowest BCUT2D eigenvalue weighted by atomic mass is 10.1. The normalized spacial score (nSPS) is 14.9. The van der Waals surface area contributed by atoms with Crippen LogP contribution in [-0.2, 0) is 6.61 Å². The van der Waals surface area contributed by atoms with E-state index in [1.165, 1.54) is 5.69 Å². The molecule has 2 rings (SSSR count). The molecule has 0 bridgehead atoms. The molecule has 1 heterocycles. The van der Waals surface area contributed by atoms with Gasteiger partial charge in [-0.2, -0.15) is 0 Å². The Hall–Kier alpha value is -1.22. The van der Waals surface area contributed by atoms with Crippen LogP contribution in [-0.4, -0.2) is 24.7 Å². The summed E-state index contributed by atoms with van der Waals surface area (Å²) in [6, 6.07) is 6.09. The number of benzene rings is 1. The van der Waals surface area contributed by atoms with Gasteiger partial charge in [-0.25, -0.2) is 0 Å². The first-order valence-corrected chi connectivity index (χ1v) is 5.07. The minimum atomic E-state index is 0.112. The zero-order chi connectivity index (χ0) is 9.97. The van der Waals surface area contributed by atoms with Gasteiger partial charge in [-0.15, -0.1) is 0 Å². The average Bonchev–Trinajstić information content (AvgIpc) is 2.27. The third kappa shape index (κ3) is 1.55. The van der Waals surface area contributed by atoms with E-state index in [9.17, 15) is 0 Å². The van der Waals surface area contributed by atoms with Crippen LogP contribution in [0.3, 0.4) is 0 Å². The molecular formula is C11H16N2O. The van der Waals surface area contributed by atoms with Gasteiger partial charge in [0.05, 0.1) is 18.0 Å². The van der Waals surface area contributed by atoms with E-state index < -0.39 is 0 Å². The molecule has 14 heavy (non-hydrogen) atoms. The van der Waals surface area contributed by atoms with E-state index in [0.717, 1.165) is 30.9 Å². The Kier molecular flexibility index (Phi) is 2.59. The van der Waals surface area contributed by atoms with Gasteiger partial charge >= 0.3 is 0 Å². The van der Waals surface area contributed by atoms with Gasteiger partial charge < -0.3 is 15.3 Å². The Labute approximate surface area is 84.4 Å². The summed E-state index contributed by atoms with van der Waals surface area (Å²) in [5.41, 5.74) is 3.36. The zero-order valence-corrected chi connectivity index (χ0v) is 8.45. The molecule has 0 atom stereocenters. The Balaban J connectivity index is 2.35. The molecule has 0 aromatic heterocycles. The molecule has 0 spiro atoms. The van der Waals surface area contributed by atoms with Crippen molar-refractivity contribution in [1.82, 2.24) is 0 Å². The topological polar surface area (TPSA) is 35.5 Å². The fraction of sp³-hybridized carbons (Fsp3) is 0.455. The molecule has 76 valence electrons. The number of aliphatic hydroxyl groups excluding tert-OH is 1. The van der Waals surface area contributed by atoms with Crippen LogP contribution in [0.4, 0.5) is 11.4 Å². The lowest BCUT2D eigenvalue weighted by Gasteiger charge is -2.31. The van der Waals surface area contributed by atoms with Crippen LogP contribution in [0.5, 0.6) is 0 Å². The second kappa shape index (κ2) is 3.88. The molecule has 1 aliphatic heterocycles. The summed E-state index contributed by atoms with van der Waals surface area (Å²) in [5, 5.41) is 12.4. The van der Waals surface area contributed by atoms with Crippen molar-refractivity contribution in [2.75, 3.05) is 29.9 Å². The van der Waals surface area contributed by atoms with Crippen LogP contribution in [0, 0.1) is 0 Å². The predicted octanol–water partition coefficient (Wildman–Crippen LogP) is 1.43. The first-order valence-electron chi connectivity index (χ1n) is 5.07. The van der Waals surface area contributed by atoms with Crippen LogP contribution in [0.15, 0.2) is 18.2 Å². The molecule has 1 aromatic carbocycles. The SMILES string of the molecule is CCN1CCNc2cc(CO)ccc21. The lowest BCUT2D eigenvalue weighted by Crippen LogP contribution is -2.33. The minimum Gasteiger partial charge on any atom is -0.392 e. The summed E-state index contributed by atoms with van der Waals surface area (Å²) in [4.78, 5) is 2.34. The Morgan fingerprint density at radius 2 is 2.36 bits per heavy atom. The predicted molar refractivity (Wildman–Crippen MR) is 58.7 cm³/mol. The number of hydrogen-bond acceptors (Lipinski definition) is 3. The molecule has 0 amide bonds. The van der Waals surface area contributed by atoms with Crippen LogP contribution in [0.2, 0.25) is 0 Å². The van der Waals surface area contributed by atoms with Crippen molar-refractivity contribution in [2.45, 2.75) is 13.5 Å². The molecule has 0 radical (unpaired) electrons. The van der Waals surface area contributed by atoms with Gasteiger partial charge in [-0.1, -0.05) is 6.07 Å². The van der Waals surface area contributed by atoms with Crippen molar-refractivity contribution in [3.05, 3.63) is 23.8 Å². The van der Waals surface area contributed by atoms with Gasteiger partial charge in [0, 0.05) is 19.6 Å². The molecule has 2 N–H and O–H groups in total. The van der Waals surface area contributed by atoms with Crippen molar-refractivity contribution in [1.29, 1.82) is 0 Å². The quantitative estimate of drug-likeness (QED) is 0.744. The maximum absolute atomic E-state index is 9.02. The van der Waals surface area contributed by atoms with Crippen LogP contribution < -0.4 is 10.2 Å². The van der Waals surface area contributed by atoms with Gasteiger partial charge in [0.25, 0.3) is 0 Å². The molecule has 0 unspecified atom stereocenters. The first kappa shape index (κ1) is 9.34. The number of nitrogens with zero attached hydrogens (tertiary/aromatic N) is 1. The van der Waals surface area contributed by atoms with E-state index in [-0.39, 0.29) is 6.61 Å². The number of hydrogen-bond donors (Lipinski definition) is 2. The van der Waals surface area contributed by atoms with Crippen LogP contribution >= 0.6 is 0 Å². The molecular weight excluding hydrogens is 176 g/mol. The third-order valence-corrected chi connectivity index (χ3v) is 2.66. The highest BCUT2D eigenvalue weighted by Crippen LogP contribution is 2.29.